The number of amides is 2. The number of carbonyl (C=O) groups is 2. The van der Waals surface area contributed by atoms with Crippen molar-refractivity contribution >= 4 is 22.7 Å². The Balaban J connectivity index is 1.74. The van der Waals surface area contributed by atoms with E-state index in [4.69, 9.17) is 0 Å². The van der Waals surface area contributed by atoms with Gasteiger partial charge in [-0.2, -0.15) is 5.10 Å². The first-order valence-corrected chi connectivity index (χ1v) is 9.31. The van der Waals surface area contributed by atoms with Gasteiger partial charge in [0.15, 0.2) is 0 Å². The molecule has 28 heavy (non-hydrogen) atoms. The quantitative estimate of drug-likeness (QED) is 0.760. The zero-order valence-corrected chi connectivity index (χ0v) is 15.8. The molecule has 2 aromatic carbocycles. The van der Waals surface area contributed by atoms with Gasteiger partial charge in [0.2, 0.25) is 5.91 Å². The molecule has 0 saturated carbocycles. The zero-order valence-electron chi connectivity index (χ0n) is 15.8. The summed E-state index contributed by atoms with van der Waals surface area (Å²) in [5.41, 5.74) is 2.65. The number of halogens is 1. The number of hydrogen-bond acceptors (Lipinski definition) is 3. The molecule has 0 bridgehead atoms. The molecule has 0 radical (unpaired) electrons. The van der Waals surface area contributed by atoms with Crippen LogP contribution in [0.25, 0.3) is 22.2 Å². The molecule has 1 atom stereocenters. The van der Waals surface area contributed by atoms with Gasteiger partial charge in [0.25, 0.3) is 5.91 Å². The summed E-state index contributed by atoms with van der Waals surface area (Å²) < 4.78 is 15.5. The highest BCUT2D eigenvalue weighted by Gasteiger charge is 2.32. The Bertz CT molecular complexity index is 1080. The molecule has 4 rings (SSSR count). The van der Waals surface area contributed by atoms with E-state index in [1.165, 1.54) is 12.1 Å². The third-order valence-corrected chi connectivity index (χ3v) is 5.17. The summed E-state index contributed by atoms with van der Waals surface area (Å²) in [4.78, 5) is 26.8. The standard InChI is InChI=1S/C21H21FN4O2/c1-3-17-20(27)23-9-10-26(17)21(28)14-6-4-5-13(11-14)19-16-12-15(22)7-8-18(16)25(2)24-19/h4-8,11-12,17H,3,9-10H2,1-2H3,(H,23,27)/t17-/m0/s1. The second-order valence-electron chi connectivity index (χ2n) is 6.93. The number of rotatable bonds is 3. The molecule has 0 aliphatic carbocycles. The summed E-state index contributed by atoms with van der Waals surface area (Å²) in [5, 5.41) is 8.01. The zero-order chi connectivity index (χ0) is 19.8. The predicted octanol–water partition coefficient (Wildman–Crippen LogP) is 2.73. The van der Waals surface area contributed by atoms with Gasteiger partial charge in [-0.15, -0.1) is 0 Å². The van der Waals surface area contributed by atoms with Crippen molar-refractivity contribution in [3.05, 3.63) is 53.8 Å². The Labute approximate surface area is 161 Å². The van der Waals surface area contributed by atoms with Crippen LogP contribution in [-0.2, 0) is 11.8 Å². The normalized spacial score (nSPS) is 17.0. The molecule has 144 valence electrons. The minimum atomic E-state index is -0.463. The van der Waals surface area contributed by atoms with Crippen LogP contribution < -0.4 is 5.32 Å². The maximum absolute atomic E-state index is 13.8. The second kappa shape index (κ2) is 7.07. The van der Waals surface area contributed by atoms with Crippen LogP contribution in [0.5, 0.6) is 0 Å². The highest BCUT2D eigenvalue weighted by molar-refractivity contribution is 6.00. The fourth-order valence-electron chi connectivity index (χ4n) is 3.78. The lowest BCUT2D eigenvalue weighted by molar-refractivity contribution is -0.127. The SMILES string of the molecule is CC[C@H]1C(=O)NCCN1C(=O)c1cccc(-c2nn(C)c3ccc(F)cc23)c1. The van der Waals surface area contributed by atoms with E-state index < -0.39 is 6.04 Å². The van der Waals surface area contributed by atoms with E-state index in [0.717, 1.165) is 11.1 Å². The van der Waals surface area contributed by atoms with Crippen molar-refractivity contribution in [2.75, 3.05) is 13.1 Å². The van der Waals surface area contributed by atoms with Gasteiger partial charge < -0.3 is 10.2 Å². The predicted molar refractivity (Wildman–Crippen MR) is 104 cm³/mol. The maximum atomic E-state index is 13.8. The van der Waals surface area contributed by atoms with Crippen molar-refractivity contribution in [1.82, 2.24) is 20.0 Å². The lowest BCUT2D eigenvalue weighted by atomic mass is 10.0. The summed E-state index contributed by atoms with van der Waals surface area (Å²) in [5.74, 6) is -0.640. The summed E-state index contributed by atoms with van der Waals surface area (Å²) in [6.45, 7) is 2.82. The van der Waals surface area contributed by atoms with Crippen molar-refractivity contribution in [3.8, 4) is 11.3 Å². The smallest absolute Gasteiger partial charge is 0.254 e. The van der Waals surface area contributed by atoms with Crippen LogP contribution in [0.4, 0.5) is 4.39 Å². The number of fused-ring (bicyclic) bond motifs is 1. The van der Waals surface area contributed by atoms with Crippen LogP contribution in [0.2, 0.25) is 0 Å². The molecule has 1 aliphatic heterocycles. The van der Waals surface area contributed by atoms with Crippen LogP contribution in [-0.4, -0.2) is 45.6 Å². The van der Waals surface area contributed by atoms with Gasteiger partial charge >= 0.3 is 0 Å². The fourth-order valence-corrected chi connectivity index (χ4v) is 3.78. The molecule has 1 aromatic heterocycles. The number of hydrogen-bond donors (Lipinski definition) is 1. The van der Waals surface area contributed by atoms with Crippen LogP contribution in [0.15, 0.2) is 42.5 Å². The molecule has 0 unspecified atom stereocenters. The molecule has 1 saturated heterocycles. The molecule has 2 amide bonds. The first-order valence-electron chi connectivity index (χ1n) is 9.31. The number of carbonyl (C=O) groups excluding carboxylic acids is 2. The van der Waals surface area contributed by atoms with E-state index in [1.807, 2.05) is 13.0 Å². The second-order valence-corrected chi connectivity index (χ2v) is 6.93. The van der Waals surface area contributed by atoms with Gasteiger partial charge in [0, 0.05) is 36.7 Å². The Morgan fingerprint density at radius 2 is 2.11 bits per heavy atom. The topological polar surface area (TPSA) is 67.2 Å². The van der Waals surface area contributed by atoms with E-state index >= 15 is 0 Å². The number of benzene rings is 2. The molecule has 3 aromatic rings. The summed E-state index contributed by atoms with van der Waals surface area (Å²) in [6, 6.07) is 11.2. The monoisotopic (exact) mass is 380 g/mol. The van der Waals surface area contributed by atoms with Crippen LogP contribution >= 0.6 is 0 Å². The Morgan fingerprint density at radius 3 is 2.89 bits per heavy atom. The molecule has 6 nitrogen and oxygen atoms in total. The number of aromatic nitrogens is 2. The van der Waals surface area contributed by atoms with Crippen molar-refractivity contribution in [2.24, 2.45) is 7.05 Å². The van der Waals surface area contributed by atoms with Crippen LogP contribution in [0.3, 0.4) is 0 Å². The van der Waals surface area contributed by atoms with E-state index in [2.05, 4.69) is 10.4 Å². The van der Waals surface area contributed by atoms with Crippen molar-refractivity contribution in [2.45, 2.75) is 19.4 Å². The third-order valence-electron chi connectivity index (χ3n) is 5.17. The van der Waals surface area contributed by atoms with Gasteiger partial charge in [-0.25, -0.2) is 4.39 Å². The largest absolute Gasteiger partial charge is 0.353 e. The van der Waals surface area contributed by atoms with Crippen LogP contribution in [0, 0.1) is 5.82 Å². The Morgan fingerprint density at radius 1 is 1.29 bits per heavy atom. The van der Waals surface area contributed by atoms with Crippen molar-refractivity contribution < 1.29 is 14.0 Å². The third kappa shape index (κ3) is 3.02. The first kappa shape index (κ1) is 18.2. The van der Waals surface area contributed by atoms with Gasteiger partial charge in [-0.1, -0.05) is 19.1 Å². The Kier molecular flexibility index (Phi) is 4.58. The van der Waals surface area contributed by atoms with E-state index in [1.54, 1.807) is 40.9 Å². The number of nitrogens with one attached hydrogen (secondary N) is 1. The minimum absolute atomic E-state index is 0.121. The van der Waals surface area contributed by atoms with Crippen molar-refractivity contribution in [1.29, 1.82) is 0 Å². The van der Waals surface area contributed by atoms with E-state index in [0.29, 0.717) is 36.2 Å². The fraction of sp³-hybridized carbons (Fsp3) is 0.286. The maximum Gasteiger partial charge on any atom is 0.254 e. The number of nitrogens with zero attached hydrogens (tertiary/aromatic N) is 3. The summed E-state index contributed by atoms with van der Waals surface area (Å²) in [7, 11) is 1.80. The van der Waals surface area contributed by atoms with Crippen molar-refractivity contribution in [3.63, 3.8) is 0 Å². The van der Waals surface area contributed by atoms with Crippen LogP contribution in [0.1, 0.15) is 23.7 Å². The summed E-state index contributed by atoms with van der Waals surface area (Å²) >= 11 is 0. The number of piperazine rings is 1. The Hall–Kier alpha value is -3.22. The highest BCUT2D eigenvalue weighted by atomic mass is 19.1. The highest BCUT2D eigenvalue weighted by Crippen LogP contribution is 2.29. The molecule has 0 spiro atoms. The molecule has 1 aliphatic rings. The van der Waals surface area contributed by atoms with E-state index in [9.17, 15) is 14.0 Å². The van der Waals surface area contributed by atoms with Gasteiger partial charge in [-0.05, 0) is 36.8 Å². The van der Waals surface area contributed by atoms with E-state index in [-0.39, 0.29) is 17.6 Å². The molecule has 1 fully saturated rings. The molecule has 2 heterocycles. The summed E-state index contributed by atoms with van der Waals surface area (Å²) in [6.07, 6.45) is 0.557. The lowest BCUT2D eigenvalue weighted by Gasteiger charge is -2.34. The molecular formula is C21H21FN4O2. The molecular weight excluding hydrogens is 359 g/mol. The van der Waals surface area contributed by atoms with Gasteiger partial charge in [0.05, 0.1) is 5.52 Å². The number of aryl methyl sites for hydroxylation is 1. The van der Waals surface area contributed by atoms with Gasteiger partial charge in [-0.3, -0.25) is 14.3 Å². The lowest BCUT2D eigenvalue weighted by Crippen LogP contribution is -2.56. The minimum Gasteiger partial charge on any atom is -0.353 e. The average Bonchev–Trinajstić information content (AvgIpc) is 3.03. The molecule has 1 N–H and O–H groups in total. The van der Waals surface area contributed by atoms with Gasteiger partial charge in [0.1, 0.15) is 17.6 Å². The first-order chi connectivity index (χ1) is 13.5. The average molecular weight is 380 g/mol. The molecule has 7 heteroatoms.